The zero-order valence-corrected chi connectivity index (χ0v) is 7.96. The SMILES string of the molecule is Oc1cc[n+]2c(c1)-c1cc(O)cc[n+]1C2. The molecular formula is C11H10N2O2+2. The summed E-state index contributed by atoms with van der Waals surface area (Å²) in [6.45, 7) is 0.714. The minimum Gasteiger partial charge on any atom is -0.507 e. The topological polar surface area (TPSA) is 48.2 Å². The van der Waals surface area contributed by atoms with Crippen LogP contribution in [0.1, 0.15) is 0 Å². The molecule has 0 saturated carbocycles. The number of hydrogen-bond acceptors (Lipinski definition) is 2. The molecule has 0 aliphatic carbocycles. The third-order valence-corrected chi connectivity index (χ3v) is 2.61. The summed E-state index contributed by atoms with van der Waals surface area (Å²) in [5, 5.41) is 18.8. The van der Waals surface area contributed by atoms with Crippen LogP contribution in [0.25, 0.3) is 11.4 Å². The number of fused-ring (bicyclic) bond motifs is 3. The highest BCUT2D eigenvalue weighted by Crippen LogP contribution is 2.21. The van der Waals surface area contributed by atoms with Gasteiger partial charge in [0.1, 0.15) is 11.5 Å². The number of aromatic hydroxyl groups is 2. The van der Waals surface area contributed by atoms with Gasteiger partial charge in [-0.05, 0) is 0 Å². The average molecular weight is 202 g/mol. The first-order valence-corrected chi connectivity index (χ1v) is 4.69. The summed E-state index contributed by atoms with van der Waals surface area (Å²) in [5.74, 6) is 0.469. The molecule has 74 valence electrons. The second-order valence-electron chi connectivity index (χ2n) is 3.62. The van der Waals surface area contributed by atoms with Crippen molar-refractivity contribution in [3.05, 3.63) is 36.7 Å². The lowest BCUT2D eigenvalue weighted by atomic mass is 10.2. The number of aromatic nitrogens is 2. The summed E-state index contributed by atoms with van der Waals surface area (Å²) >= 11 is 0. The molecule has 4 nitrogen and oxygen atoms in total. The van der Waals surface area contributed by atoms with Crippen LogP contribution in [0.2, 0.25) is 0 Å². The van der Waals surface area contributed by atoms with E-state index >= 15 is 0 Å². The highest BCUT2D eigenvalue weighted by molar-refractivity contribution is 5.51. The standard InChI is InChI=1S/C11H8N2O2/c14-8-1-3-12-7-13-4-2-9(15)6-11(13)10(12)5-8/h1-6H,7H2/p+2. The minimum atomic E-state index is 0.234. The van der Waals surface area contributed by atoms with Gasteiger partial charge in [0, 0.05) is 12.1 Å². The van der Waals surface area contributed by atoms with Crippen molar-refractivity contribution in [1.29, 1.82) is 0 Å². The van der Waals surface area contributed by atoms with Gasteiger partial charge in [-0.1, -0.05) is 0 Å². The Morgan fingerprint density at radius 1 is 0.867 bits per heavy atom. The predicted molar refractivity (Wildman–Crippen MR) is 51.0 cm³/mol. The monoisotopic (exact) mass is 202 g/mol. The first-order chi connectivity index (χ1) is 7.24. The molecule has 4 heteroatoms. The van der Waals surface area contributed by atoms with Crippen molar-refractivity contribution in [2.24, 2.45) is 0 Å². The van der Waals surface area contributed by atoms with E-state index in [1.807, 2.05) is 21.5 Å². The van der Waals surface area contributed by atoms with Gasteiger partial charge in [0.05, 0.1) is 12.1 Å². The van der Waals surface area contributed by atoms with E-state index in [1.165, 1.54) is 0 Å². The Hall–Kier alpha value is -2.10. The van der Waals surface area contributed by atoms with Crippen LogP contribution in [0.4, 0.5) is 0 Å². The first-order valence-electron chi connectivity index (χ1n) is 4.69. The van der Waals surface area contributed by atoms with E-state index in [-0.39, 0.29) is 11.5 Å². The van der Waals surface area contributed by atoms with E-state index in [9.17, 15) is 10.2 Å². The Morgan fingerprint density at radius 2 is 1.33 bits per heavy atom. The maximum Gasteiger partial charge on any atom is 0.345 e. The zero-order valence-electron chi connectivity index (χ0n) is 7.96. The van der Waals surface area contributed by atoms with Gasteiger partial charge in [-0.25, -0.2) is 0 Å². The van der Waals surface area contributed by atoms with Gasteiger partial charge in [-0.3, -0.25) is 0 Å². The van der Waals surface area contributed by atoms with Crippen LogP contribution in [0.15, 0.2) is 36.7 Å². The predicted octanol–water partition coefficient (Wildman–Crippen LogP) is 0.159. The molecule has 0 aromatic carbocycles. The quantitative estimate of drug-likeness (QED) is 0.510. The number of rotatable bonds is 0. The molecule has 2 N–H and O–H groups in total. The van der Waals surface area contributed by atoms with Gasteiger partial charge >= 0.3 is 6.67 Å². The molecule has 3 rings (SSSR count). The fourth-order valence-corrected chi connectivity index (χ4v) is 1.89. The van der Waals surface area contributed by atoms with Gasteiger partial charge in [0.25, 0.3) is 11.4 Å². The highest BCUT2D eigenvalue weighted by Gasteiger charge is 2.33. The summed E-state index contributed by atoms with van der Waals surface area (Å²) in [6.07, 6.45) is 3.66. The van der Waals surface area contributed by atoms with E-state index < -0.39 is 0 Å². The Labute approximate surface area is 86.3 Å². The van der Waals surface area contributed by atoms with Crippen molar-refractivity contribution in [1.82, 2.24) is 0 Å². The van der Waals surface area contributed by atoms with Gasteiger partial charge in [0.15, 0.2) is 12.4 Å². The minimum absolute atomic E-state index is 0.234. The first kappa shape index (κ1) is 8.23. The van der Waals surface area contributed by atoms with E-state index in [4.69, 9.17) is 0 Å². The van der Waals surface area contributed by atoms with Crippen LogP contribution >= 0.6 is 0 Å². The van der Waals surface area contributed by atoms with Gasteiger partial charge in [-0.15, -0.1) is 9.13 Å². The maximum absolute atomic E-state index is 9.41. The molecule has 0 fully saturated rings. The van der Waals surface area contributed by atoms with E-state index in [0.717, 1.165) is 11.4 Å². The van der Waals surface area contributed by atoms with Crippen molar-refractivity contribution in [3.63, 3.8) is 0 Å². The summed E-state index contributed by atoms with van der Waals surface area (Å²) in [6, 6.07) is 6.68. The molecule has 0 bridgehead atoms. The molecule has 0 saturated heterocycles. The van der Waals surface area contributed by atoms with Crippen LogP contribution in [0.3, 0.4) is 0 Å². The fraction of sp³-hybridized carbons (Fsp3) is 0.0909. The second-order valence-corrected chi connectivity index (χ2v) is 3.62. The molecule has 0 atom stereocenters. The van der Waals surface area contributed by atoms with Crippen molar-refractivity contribution < 1.29 is 19.3 Å². The zero-order chi connectivity index (χ0) is 10.4. The molecule has 0 spiro atoms. The molecule has 0 radical (unpaired) electrons. The molecule has 1 aliphatic heterocycles. The second kappa shape index (κ2) is 2.70. The van der Waals surface area contributed by atoms with Crippen LogP contribution in [0, 0.1) is 0 Å². The molecule has 2 aromatic rings. The Kier molecular flexibility index (Phi) is 1.48. The van der Waals surface area contributed by atoms with Crippen molar-refractivity contribution >= 4 is 0 Å². The van der Waals surface area contributed by atoms with Crippen molar-refractivity contribution in [2.75, 3.05) is 0 Å². The van der Waals surface area contributed by atoms with E-state index in [1.54, 1.807) is 24.3 Å². The van der Waals surface area contributed by atoms with Crippen LogP contribution in [-0.2, 0) is 6.67 Å². The van der Waals surface area contributed by atoms with Crippen molar-refractivity contribution in [2.45, 2.75) is 6.67 Å². The average Bonchev–Trinajstić information content (AvgIpc) is 2.56. The van der Waals surface area contributed by atoms with Crippen LogP contribution in [0.5, 0.6) is 11.5 Å². The molecule has 2 aromatic heterocycles. The van der Waals surface area contributed by atoms with Gasteiger partial charge in [-0.2, -0.15) is 0 Å². The normalized spacial score (nSPS) is 12.3. The summed E-state index contributed by atoms with van der Waals surface area (Å²) in [4.78, 5) is 0. The lowest BCUT2D eigenvalue weighted by Gasteiger charge is -1.90. The third kappa shape index (κ3) is 1.15. The van der Waals surface area contributed by atoms with E-state index in [2.05, 4.69) is 0 Å². The molecular weight excluding hydrogens is 192 g/mol. The lowest BCUT2D eigenvalue weighted by Crippen LogP contribution is -2.44. The van der Waals surface area contributed by atoms with E-state index in [0.29, 0.717) is 6.67 Å². The lowest BCUT2D eigenvalue weighted by molar-refractivity contribution is -0.877. The smallest absolute Gasteiger partial charge is 0.345 e. The molecule has 0 unspecified atom stereocenters. The molecule has 3 heterocycles. The number of nitrogens with zero attached hydrogens (tertiary/aromatic N) is 2. The summed E-state index contributed by atoms with van der Waals surface area (Å²) < 4.78 is 4.02. The van der Waals surface area contributed by atoms with Crippen molar-refractivity contribution in [3.8, 4) is 22.9 Å². The number of hydrogen-bond donors (Lipinski definition) is 2. The van der Waals surface area contributed by atoms with Crippen LogP contribution in [-0.4, -0.2) is 10.2 Å². The number of pyridine rings is 2. The third-order valence-electron chi connectivity index (χ3n) is 2.61. The molecule has 15 heavy (non-hydrogen) atoms. The largest absolute Gasteiger partial charge is 0.507 e. The van der Waals surface area contributed by atoms with Crippen LogP contribution < -0.4 is 9.13 Å². The molecule has 0 amide bonds. The van der Waals surface area contributed by atoms with Gasteiger partial charge < -0.3 is 10.2 Å². The summed E-state index contributed by atoms with van der Waals surface area (Å²) in [5.41, 5.74) is 1.82. The Morgan fingerprint density at radius 3 is 1.80 bits per heavy atom. The Bertz CT molecular complexity index is 503. The maximum atomic E-state index is 9.41. The summed E-state index contributed by atoms with van der Waals surface area (Å²) in [7, 11) is 0. The Balaban J connectivity index is 2.28. The molecule has 1 aliphatic rings. The fourth-order valence-electron chi connectivity index (χ4n) is 1.89. The highest BCUT2D eigenvalue weighted by atomic mass is 16.3. The van der Waals surface area contributed by atoms with Gasteiger partial charge in [0.2, 0.25) is 0 Å².